The Morgan fingerprint density at radius 2 is 2.07 bits per heavy atom. The maximum Gasteiger partial charge on any atom is 0.275 e. The van der Waals surface area contributed by atoms with Crippen LogP contribution in [0.3, 0.4) is 0 Å². The van der Waals surface area contributed by atoms with Gasteiger partial charge in [-0.05, 0) is 26.0 Å². The number of aryl methyl sites for hydroxylation is 3. The summed E-state index contributed by atoms with van der Waals surface area (Å²) in [6.07, 6.45) is 0. The Labute approximate surface area is 86.0 Å². The van der Waals surface area contributed by atoms with Gasteiger partial charge in [-0.3, -0.25) is 14.6 Å². The molecular formula is C10H12N2OS. The molecule has 4 heteroatoms. The Morgan fingerprint density at radius 3 is 2.50 bits per heavy atom. The van der Waals surface area contributed by atoms with Gasteiger partial charge in [0.05, 0.1) is 5.56 Å². The highest BCUT2D eigenvalue weighted by Crippen LogP contribution is 2.26. The first-order chi connectivity index (χ1) is 6.59. The first-order valence-corrected chi connectivity index (χ1v) is 5.23. The fourth-order valence-corrected chi connectivity index (χ4v) is 2.51. The van der Waals surface area contributed by atoms with E-state index in [4.69, 9.17) is 0 Å². The molecule has 0 bridgehead atoms. The molecular weight excluding hydrogens is 196 g/mol. The predicted octanol–water partition coefficient (Wildman–Crippen LogP) is 2.06. The normalized spacial score (nSPS) is 10.8. The van der Waals surface area contributed by atoms with Gasteiger partial charge in [-0.25, -0.2) is 0 Å². The number of hydrogen-bond acceptors (Lipinski definition) is 2. The molecule has 0 unspecified atom stereocenters. The zero-order valence-corrected chi connectivity index (χ0v) is 9.23. The summed E-state index contributed by atoms with van der Waals surface area (Å²) in [4.78, 5) is 14.0. The zero-order chi connectivity index (χ0) is 10.3. The van der Waals surface area contributed by atoms with Crippen LogP contribution in [0.5, 0.6) is 0 Å². The lowest BCUT2D eigenvalue weighted by atomic mass is 10.2. The van der Waals surface area contributed by atoms with Crippen molar-refractivity contribution >= 4 is 11.3 Å². The summed E-state index contributed by atoms with van der Waals surface area (Å²) >= 11 is 1.65. The van der Waals surface area contributed by atoms with Crippen LogP contribution in [0, 0.1) is 13.8 Å². The maximum atomic E-state index is 11.7. The number of aromatic amines is 1. The molecule has 0 saturated heterocycles. The molecule has 1 N–H and O–H groups in total. The predicted molar refractivity (Wildman–Crippen MR) is 58.8 cm³/mol. The molecule has 0 spiro atoms. The number of thiophene rings is 1. The quantitative estimate of drug-likeness (QED) is 0.765. The van der Waals surface area contributed by atoms with E-state index in [0.29, 0.717) is 0 Å². The van der Waals surface area contributed by atoms with Gasteiger partial charge in [0.2, 0.25) is 0 Å². The lowest BCUT2D eigenvalue weighted by Gasteiger charge is -1.90. The van der Waals surface area contributed by atoms with Crippen LogP contribution in [0.2, 0.25) is 0 Å². The highest BCUT2D eigenvalue weighted by molar-refractivity contribution is 7.15. The number of aromatic nitrogens is 2. The van der Waals surface area contributed by atoms with E-state index < -0.39 is 0 Å². The summed E-state index contributed by atoms with van der Waals surface area (Å²) < 4.78 is 1.51. The van der Waals surface area contributed by atoms with Crippen LogP contribution in [0.4, 0.5) is 0 Å². The Balaban J connectivity index is 2.67. The molecule has 0 fully saturated rings. The van der Waals surface area contributed by atoms with Crippen molar-refractivity contribution < 1.29 is 0 Å². The molecule has 0 aromatic carbocycles. The topological polar surface area (TPSA) is 37.8 Å². The standard InChI is InChI=1S/C10H12N2OS/c1-6-4-5-8(14-6)9-7(2)11-12(3)10(9)13/h4-5,11H,1-3H3. The molecule has 14 heavy (non-hydrogen) atoms. The summed E-state index contributed by atoms with van der Waals surface area (Å²) in [6.45, 7) is 3.96. The van der Waals surface area contributed by atoms with Crippen LogP contribution >= 0.6 is 11.3 Å². The molecule has 0 saturated carbocycles. The molecule has 74 valence electrons. The minimum atomic E-state index is 0.0457. The third-order valence-corrected chi connectivity index (χ3v) is 3.23. The number of nitrogens with one attached hydrogen (secondary N) is 1. The van der Waals surface area contributed by atoms with Gasteiger partial charge in [0, 0.05) is 22.5 Å². The third-order valence-electron chi connectivity index (χ3n) is 2.22. The number of nitrogens with zero attached hydrogens (tertiary/aromatic N) is 1. The average Bonchev–Trinajstić information content (AvgIpc) is 2.60. The largest absolute Gasteiger partial charge is 0.300 e. The van der Waals surface area contributed by atoms with Gasteiger partial charge in [0.25, 0.3) is 5.56 Å². The molecule has 0 amide bonds. The highest BCUT2D eigenvalue weighted by Gasteiger charge is 2.12. The van der Waals surface area contributed by atoms with E-state index in [-0.39, 0.29) is 5.56 Å². The summed E-state index contributed by atoms with van der Waals surface area (Å²) in [5.74, 6) is 0. The maximum absolute atomic E-state index is 11.7. The second kappa shape index (κ2) is 3.13. The smallest absolute Gasteiger partial charge is 0.275 e. The molecule has 3 nitrogen and oxygen atoms in total. The second-order valence-corrected chi connectivity index (χ2v) is 4.67. The van der Waals surface area contributed by atoms with Crippen LogP contribution < -0.4 is 5.56 Å². The molecule has 0 aliphatic carbocycles. The van der Waals surface area contributed by atoms with Gasteiger partial charge in [0.15, 0.2) is 0 Å². The summed E-state index contributed by atoms with van der Waals surface area (Å²) in [5.41, 5.74) is 1.77. The lowest BCUT2D eigenvalue weighted by molar-refractivity contribution is 0.731. The molecule has 2 rings (SSSR count). The van der Waals surface area contributed by atoms with Crippen molar-refractivity contribution in [3.63, 3.8) is 0 Å². The zero-order valence-electron chi connectivity index (χ0n) is 8.42. The molecule has 2 heterocycles. The lowest BCUT2D eigenvalue weighted by Crippen LogP contribution is -2.12. The number of rotatable bonds is 1. The van der Waals surface area contributed by atoms with Crippen LogP contribution in [-0.4, -0.2) is 9.78 Å². The number of H-pyrrole nitrogens is 1. The second-order valence-electron chi connectivity index (χ2n) is 3.39. The Hall–Kier alpha value is -1.29. The molecule has 0 aliphatic rings. The van der Waals surface area contributed by atoms with Crippen molar-refractivity contribution in [1.82, 2.24) is 9.78 Å². The van der Waals surface area contributed by atoms with Crippen LogP contribution in [-0.2, 0) is 7.05 Å². The third kappa shape index (κ3) is 1.32. The van der Waals surface area contributed by atoms with Gasteiger partial charge < -0.3 is 0 Å². The fourth-order valence-electron chi connectivity index (χ4n) is 1.55. The van der Waals surface area contributed by atoms with Crippen LogP contribution in [0.15, 0.2) is 16.9 Å². The first-order valence-electron chi connectivity index (χ1n) is 4.42. The summed E-state index contributed by atoms with van der Waals surface area (Å²) in [7, 11) is 1.74. The van der Waals surface area contributed by atoms with Gasteiger partial charge in [0.1, 0.15) is 0 Å². The minimum Gasteiger partial charge on any atom is -0.300 e. The van der Waals surface area contributed by atoms with E-state index in [2.05, 4.69) is 5.10 Å². The highest BCUT2D eigenvalue weighted by atomic mass is 32.1. The monoisotopic (exact) mass is 208 g/mol. The van der Waals surface area contributed by atoms with Crippen LogP contribution in [0.25, 0.3) is 10.4 Å². The van der Waals surface area contributed by atoms with Crippen molar-refractivity contribution in [2.45, 2.75) is 13.8 Å². The van der Waals surface area contributed by atoms with Crippen molar-refractivity contribution in [3.05, 3.63) is 33.1 Å². The molecule has 2 aromatic rings. The molecule has 0 radical (unpaired) electrons. The summed E-state index contributed by atoms with van der Waals surface area (Å²) in [6, 6.07) is 4.03. The van der Waals surface area contributed by atoms with Crippen molar-refractivity contribution in [2.24, 2.45) is 7.05 Å². The van der Waals surface area contributed by atoms with Crippen LogP contribution in [0.1, 0.15) is 10.6 Å². The van der Waals surface area contributed by atoms with Gasteiger partial charge in [-0.15, -0.1) is 11.3 Å². The van der Waals surface area contributed by atoms with E-state index in [1.165, 1.54) is 9.56 Å². The fraction of sp³-hybridized carbons (Fsp3) is 0.300. The van der Waals surface area contributed by atoms with Gasteiger partial charge >= 0.3 is 0 Å². The van der Waals surface area contributed by atoms with E-state index in [1.54, 1.807) is 18.4 Å². The van der Waals surface area contributed by atoms with E-state index >= 15 is 0 Å². The average molecular weight is 208 g/mol. The van der Waals surface area contributed by atoms with E-state index in [9.17, 15) is 4.79 Å². The SMILES string of the molecule is Cc1ccc(-c2c(C)[nH]n(C)c2=O)s1. The first kappa shape index (κ1) is 9.27. The molecule has 0 atom stereocenters. The Morgan fingerprint density at radius 1 is 1.36 bits per heavy atom. The van der Waals surface area contributed by atoms with Gasteiger partial charge in [-0.1, -0.05) is 0 Å². The molecule has 0 aliphatic heterocycles. The number of hydrogen-bond donors (Lipinski definition) is 1. The Kier molecular flexibility index (Phi) is 2.07. The van der Waals surface area contributed by atoms with Crippen molar-refractivity contribution in [1.29, 1.82) is 0 Å². The van der Waals surface area contributed by atoms with E-state index in [1.807, 2.05) is 26.0 Å². The summed E-state index contributed by atoms with van der Waals surface area (Å²) in [5, 5.41) is 2.99. The van der Waals surface area contributed by atoms with Crippen molar-refractivity contribution in [3.8, 4) is 10.4 Å². The minimum absolute atomic E-state index is 0.0457. The Bertz CT molecular complexity index is 518. The van der Waals surface area contributed by atoms with E-state index in [0.717, 1.165) is 16.1 Å². The van der Waals surface area contributed by atoms with Crippen molar-refractivity contribution in [2.75, 3.05) is 0 Å². The molecule has 2 aromatic heterocycles. The van der Waals surface area contributed by atoms with Gasteiger partial charge in [-0.2, -0.15) is 0 Å².